The van der Waals surface area contributed by atoms with Gasteiger partial charge in [-0.2, -0.15) is 0 Å². The zero-order valence-corrected chi connectivity index (χ0v) is 5.54. The number of nitrogens with two attached hydrogens (primary N) is 1. The second-order valence-electron chi connectivity index (χ2n) is 1.15. The van der Waals surface area contributed by atoms with Gasteiger partial charge in [-0.05, 0) is 11.6 Å². The molecule has 8 heavy (non-hydrogen) atoms. The van der Waals surface area contributed by atoms with Crippen molar-refractivity contribution in [2.45, 2.75) is 6.54 Å². The molecule has 3 nitrogen and oxygen atoms in total. The third-order valence-corrected chi connectivity index (χ3v) is 1.66. The van der Waals surface area contributed by atoms with Gasteiger partial charge >= 0.3 is 0 Å². The van der Waals surface area contributed by atoms with Gasteiger partial charge in [-0.25, -0.2) is 0 Å². The summed E-state index contributed by atoms with van der Waals surface area (Å²) in [6.45, 7) is 0.421. The van der Waals surface area contributed by atoms with E-state index in [2.05, 4.69) is 10.2 Å². The molecule has 0 saturated heterocycles. The van der Waals surface area contributed by atoms with Crippen molar-refractivity contribution in [3.8, 4) is 0 Å². The third-order valence-electron chi connectivity index (χ3n) is 0.617. The maximum absolute atomic E-state index is 5.43. The van der Waals surface area contributed by atoms with Crippen LogP contribution in [0.2, 0.25) is 4.47 Å². The zero-order chi connectivity index (χ0) is 5.98. The maximum atomic E-state index is 5.43. The fourth-order valence-corrected chi connectivity index (χ4v) is 1.06. The highest BCUT2D eigenvalue weighted by atomic mass is 35.5. The first-order valence-electron chi connectivity index (χ1n) is 2.01. The summed E-state index contributed by atoms with van der Waals surface area (Å²) in [4.78, 5) is 0. The quantitative estimate of drug-likeness (QED) is 0.638. The SMILES string of the molecule is NCc1nnc(Cl)s1. The molecule has 0 aliphatic heterocycles. The normalized spacial score (nSPS) is 9.75. The summed E-state index contributed by atoms with van der Waals surface area (Å²) in [7, 11) is 0. The van der Waals surface area contributed by atoms with Crippen LogP contribution in [0, 0.1) is 0 Å². The first kappa shape index (κ1) is 5.94. The minimum absolute atomic E-state index is 0.421. The fourth-order valence-electron chi connectivity index (χ4n) is 0.316. The van der Waals surface area contributed by atoms with Crippen LogP contribution < -0.4 is 5.73 Å². The van der Waals surface area contributed by atoms with E-state index in [0.29, 0.717) is 11.0 Å². The van der Waals surface area contributed by atoms with Crippen molar-refractivity contribution in [2.75, 3.05) is 0 Å². The lowest BCUT2D eigenvalue weighted by Gasteiger charge is -1.76. The first-order chi connectivity index (χ1) is 3.83. The summed E-state index contributed by atoms with van der Waals surface area (Å²) >= 11 is 6.73. The Labute approximate surface area is 55.5 Å². The molecule has 0 aliphatic rings. The Balaban J connectivity index is 2.84. The van der Waals surface area contributed by atoms with Crippen LogP contribution in [0.1, 0.15) is 5.01 Å². The third kappa shape index (κ3) is 1.15. The van der Waals surface area contributed by atoms with E-state index < -0.39 is 0 Å². The molecule has 1 rings (SSSR count). The molecule has 0 aliphatic carbocycles. The van der Waals surface area contributed by atoms with E-state index in [9.17, 15) is 0 Å². The second kappa shape index (κ2) is 2.39. The molecule has 0 atom stereocenters. The Kier molecular flexibility index (Phi) is 1.77. The highest BCUT2D eigenvalue weighted by Crippen LogP contribution is 2.13. The molecule has 5 heteroatoms. The molecular formula is C3H4ClN3S. The number of hydrogen-bond acceptors (Lipinski definition) is 4. The maximum Gasteiger partial charge on any atom is 0.207 e. The highest BCUT2D eigenvalue weighted by Gasteiger charge is 1.95. The van der Waals surface area contributed by atoms with Crippen molar-refractivity contribution in [3.63, 3.8) is 0 Å². The van der Waals surface area contributed by atoms with Gasteiger partial charge in [0.25, 0.3) is 0 Å². The lowest BCUT2D eigenvalue weighted by molar-refractivity contribution is 0.958. The van der Waals surface area contributed by atoms with Crippen LogP contribution in [-0.2, 0) is 6.54 Å². The second-order valence-corrected chi connectivity index (χ2v) is 2.80. The van der Waals surface area contributed by atoms with Crippen molar-refractivity contribution in [3.05, 3.63) is 9.47 Å². The van der Waals surface area contributed by atoms with Gasteiger partial charge in [0.15, 0.2) is 0 Å². The van der Waals surface area contributed by atoms with Crippen molar-refractivity contribution in [2.24, 2.45) is 5.73 Å². The summed E-state index contributed by atoms with van der Waals surface area (Å²) in [5.41, 5.74) is 5.21. The molecule has 1 aromatic heterocycles. The van der Waals surface area contributed by atoms with E-state index in [0.717, 1.165) is 5.01 Å². The van der Waals surface area contributed by atoms with Gasteiger partial charge in [-0.15, -0.1) is 10.2 Å². The standard InChI is InChI=1S/C3H4ClN3S/c4-3-7-6-2(1-5)8-3/h1,5H2. The predicted molar refractivity (Wildman–Crippen MR) is 32.8 cm³/mol. The number of rotatable bonds is 1. The van der Waals surface area contributed by atoms with Gasteiger partial charge in [-0.1, -0.05) is 11.3 Å². The van der Waals surface area contributed by atoms with Gasteiger partial charge in [0.05, 0.1) is 0 Å². The summed E-state index contributed by atoms with van der Waals surface area (Å²) in [5, 5.41) is 7.96. The Morgan fingerprint density at radius 3 is 2.62 bits per heavy atom. The molecule has 0 saturated carbocycles. The first-order valence-corrected chi connectivity index (χ1v) is 3.20. The molecule has 0 bridgehead atoms. The van der Waals surface area contributed by atoms with Gasteiger partial charge in [0.2, 0.25) is 4.47 Å². The minimum Gasteiger partial charge on any atom is -0.324 e. The van der Waals surface area contributed by atoms with Crippen LogP contribution in [0.25, 0.3) is 0 Å². The molecular weight excluding hydrogens is 146 g/mol. The van der Waals surface area contributed by atoms with Crippen LogP contribution >= 0.6 is 22.9 Å². The molecule has 0 aromatic carbocycles. The van der Waals surface area contributed by atoms with Crippen LogP contribution in [0.5, 0.6) is 0 Å². The molecule has 0 spiro atoms. The van der Waals surface area contributed by atoms with Crippen molar-refractivity contribution in [1.82, 2.24) is 10.2 Å². The zero-order valence-electron chi connectivity index (χ0n) is 3.97. The van der Waals surface area contributed by atoms with Gasteiger partial charge in [0, 0.05) is 6.54 Å². The summed E-state index contributed by atoms with van der Waals surface area (Å²) in [5.74, 6) is 0. The van der Waals surface area contributed by atoms with Crippen LogP contribution in [0.15, 0.2) is 0 Å². The van der Waals surface area contributed by atoms with Crippen molar-refractivity contribution < 1.29 is 0 Å². The van der Waals surface area contributed by atoms with Crippen LogP contribution in [0.4, 0.5) is 0 Å². The van der Waals surface area contributed by atoms with E-state index >= 15 is 0 Å². The van der Waals surface area contributed by atoms with E-state index in [-0.39, 0.29) is 0 Å². The Bertz CT molecular complexity index is 175. The number of hydrogen-bond donors (Lipinski definition) is 1. The predicted octanol–water partition coefficient (Wildman–Crippen LogP) is 0.650. The molecule has 2 N–H and O–H groups in total. The number of halogens is 1. The van der Waals surface area contributed by atoms with Gasteiger partial charge < -0.3 is 5.73 Å². The molecule has 0 fully saturated rings. The van der Waals surface area contributed by atoms with E-state index in [1.807, 2.05) is 0 Å². The lowest BCUT2D eigenvalue weighted by atomic mass is 10.7. The lowest BCUT2D eigenvalue weighted by Crippen LogP contribution is -1.94. The molecule has 44 valence electrons. The van der Waals surface area contributed by atoms with Crippen molar-refractivity contribution in [1.29, 1.82) is 0 Å². The summed E-state index contributed by atoms with van der Waals surface area (Å²) < 4.78 is 0.449. The smallest absolute Gasteiger partial charge is 0.207 e. The van der Waals surface area contributed by atoms with Crippen LogP contribution in [0.3, 0.4) is 0 Å². The molecule has 0 amide bonds. The van der Waals surface area contributed by atoms with Crippen molar-refractivity contribution >= 4 is 22.9 Å². The van der Waals surface area contributed by atoms with E-state index in [1.54, 1.807) is 0 Å². The van der Waals surface area contributed by atoms with Crippen LogP contribution in [-0.4, -0.2) is 10.2 Å². The Morgan fingerprint density at radius 2 is 2.38 bits per heavy atom. The molecule has 1 heterocycles. The summed E-state index contributed by atoms with van der Waals surface area (Å²) in [6, 6.07) is 0. The molecule has 0 radical (unpaired) electrons. The molecule has 0 unspecified atom stereocenters. The van der Waals surface area contributed by atoms with Gasteiger partial charge in [0.1, 0.15) is 5.01 Å². The average molecular weight is 150 g/mol. The fraction of sp³-hybridized carbons (Fsp3) is 0.333. The monoisotopic (exact) mass is 149 g/mol. The Morgan fingerprint density at radius 1 is 1.62 bits per heavy atom. The molecule has 1 aromatic rings. The highest BCUT2D eigenvalue weighted by molar-refractivity contribution is 7.15. The average Bonchev–Trinajstić information content (AvgIpc) is 2.14. The van der Waals surface area contributed by atoms with E-state index in [1.165, 1.54) is 11.3 Å². The topological polar surface area (TPSA) is 51.8 Å². The number of nitrogens with zero attached hydrogens (tertiary/aromatic N) is 2. The van der Waals surface area contributed by atoms with Gasteiger partial charge in [-0.3, -0.25) is 0 Å². The minimum atomic E-state index is 0.421. The Hall–Kier alpha value is -0.190. The number of aromatic nitrogens is 2. The van der Waals surface area contributed by atoms with E-state index in [4.69, 9.17) is 17.3 Å². The largest absolute Gasteiger partial charge is 0.324 e. The summed E-state index contributed by atoms with van der Waals surface area (Å²) in [6.07, 6.45) is 0.